The third-order valence-electron chi connectivity index (χ3n) is 3.21. The predicted molar refractivity (Wildman–Crippen MR) is 81.6 cm³/mol. The van der Waals surface area contributed by atoms with Crippen molar-refractivity contribution < 1.29 is 5.11 Å². The average Bonchev–Trinajstić information content (AvgIpc) is 2.37. The quantitative estimate of drug-likeness (QED) is 0.656. The lowest BCUT2D eigenvalue weighted by atomic mass is 10.1. The number of nitrogens with two attached hydrogens (primary N) is 1. The molecule has 0 saturated carbocycles. The van der Waals surface area contributed by atoms with Crippen molar-refractivity contribution in [2.45, 2.75) is 23.8 Å². The molecule has 1 fully saturated rings. The molecule has 0 radical (unpaired) electrons. The van der Waals surface area contributed by atoms with E-state index in [9.17, 15) is 5.11 Å². The van der Waals surface area contributed by atoms with Gasteiger partial charge in [0.2, 0.25) is 0 Å². The van der Waals surface area contributed by atoms with Gasteiger partial charge in [-0.2, -0.15) is 0 Å². The number of aliphatic hydroxyl groups is 1. The molecule has 0 amide bonds. The molecule has 0 aliphatic carbocycles. The van der Waals surface area contributed by atoms with Crippen LogP contribution >= 0.6 is 24.0 Å². The van der Waals surface area contributed by atoms with Crippen molar-refractivity contribution in [3.05, 3.63) is 23.8 Å². The molecule has 1 unspecified atom stereocenters. The summed E-state index contributed by atoms with van der Waals surface area (Å²) in [5, 5.41) is 9.79. The van der Waals surface area contributed by atoms with Gasteiger partial charge in [-0.3, -0.25) is 0 Å². The molecule has 1 aromatic carbocycles. The minimum absolute atomic E-state index is 0.254. The van der Waals surface area contributed by atoms with Gasteiger partial charge in [0.15, 0.2) is 0 Å². The fourth-order valence-corrected chi connectivity index (χ4v) is 3.29. The zero-order chi connectivity index (χ0) is 13.1. The van der Waals surface area contributed by atoms with Gasteiger partial charge in [-0.05, 0) is 31.2 Å². The average molecular weight is 282 g/mol. The number of anilines is 1. The second-order valence-corrected chi connectivity index (χ2v) is 5.75. The minimum Gasteiger partial charge on any atom is -0.391 e. The van der Waals surface area contributed by atoms with Crippen LogP contribution in [0.4, 0.5) is 5.69 Å². The van der Waals surface area contributed by atoms with E-state index in [4.69, 9.17) is 18.0 Å². The summed E-state index contributed by atoms with van der Waals surface area (Å²) in [5.41, 5.74) is 7.85. The van der Waals surface area contributed by atoms with Crippen molar-refractivity contribution in [1.82, 2.24) is 0 Å². The van der Waals surface area contributed by atoms with Gasteiger partial charge in [-0.25, -0.2) is 0 Å². The van der Waals surface area contributed by atoms with Crippen molar-refractivity contribution in [2.24, 2.45) is 5.73 Å². The monoisotopic (exact) mass is 282 g/mol. The fraction of sp³-hybridized carbons (Fsp3) is 0.462. The number of hydrogen-bond acceptors (Lipinski definition) is 4. The number of piperidine rings is 1. The Morgan fingerprint density at radius 3 is 2.94 bits per heavy atom. The summed E-state index contributed by atoms with van der Waals surface area (Å²) in [6.07, 6.45) is 3.64. The van der Waals surface area contributed by atoms with Crippen molar-refractivity contribution in [3.63, 3.8) is 0 Å². The molecule has 1 aliphatic rings. The summed E-state index contributed by atoms with van der Waals surface area (Å²) in [4.78, 5) is 3.71. The van der Waals surface area contributed by atoms with Crippen molar-refractivity contribution in [3.8, 4) is 0 Å². The Balaban J connectivity index is 2.40. The van der Waals surface area contributed by atoms with Gasteiger partial charge >= 0.3 is 0 Å². The molecule has 3 nitrogen and oxygen atoms in total. The first kappa shape index (κ1) is 13.6. The van der Waals surface area contributed by atoms with E-state index in [0.717, 1.165) is 35.5 Å². The van der Waals surface area contributed by atoms with Crippen LogP contribution in [-0.4, -0.2) is 35.5 Å². The molecule has 18 heavy (non-hydrogen) atoms. The van der Waals surface area contributed by atoms with E-state index in [0.29, 0.717) is 11.5 Å². The highest BCUT2D eigenvalue weighted by atomic mass is 32.2. The highest BCUT2D eigenvalue weighted by Crippen LogP contribution is 2.31. The number of hydrogen-bond donors (Lipinski definition) is 2. The Hall–Kier alpha value is -0.780. The standard InChI is InChI=1S/C13H18N2OS2/c1-18-11-6-2-5-10(12(11)13(14)17)15-7-3-4-9(16)8-15/h2,5-6,9,16H,3-4,7-8H2,1H3,(H2,14,17). The van der Waals surface area contributed by atoms with E-state index in [1.54, 1.807) is 11.8 Å². The Morgan fingerprint density at radius 2 is 2.33 bits per heavy atom. The summed E-state index contributed by atoms with van der Waals surface area (Å²) < 4.78 is 0. The van der Waals surface area contributed by atoms with E-state index in [1.165, 1.54) is 0 Å². The van der Waals surface area contributed by atoms with E-state index >= 15 is 0 Å². The van der Waals surface area contributed by atoms with Crippen LogP contribution in [0.25, 0.3) is 0 Å². The summed E-state index contributed by atoms with van der Waals surface area (Å²) in [7, 11) is 0. The van der Waals surface area contributed by atoms with Crippen LogP contribution in [0.2, 0.25) is 0 Å². The van der Waals surface area contributed by atoms with Crippen LogP contribution in [0.3, 0.4) is 0 Å². The molecule has 0 bridgehead atoms. The van der Waals surface area contributed by atoms with Crippen LogP contribution in [0.5, 0.6) is 0 Å². The first-order valence-corrected chi connectivity index (χ1v) is 7.66. The van der Waals surface area contributed by atoms with E-state index in [2.05, 4.69) is 4.90 Å². The molecule has 0 spiro atoms. The molecule has 2 rings (SSSR count). The second-order valence-electron chi connectivity index (χ2n) is 4.46. The molecule has 5 heteroatoms. The van der Waals surface area contributed by atoms with Crippen LogP contribution in [0.15, 0.2) is 23.1 Å². The number of thiocarbonyl (C=S) groups is 1. The highest BCUT2D eigenvalue weighted by molar-refractivity contribution is 7.98. The zero-order valence-electron chi connectivity index (χ0n) is 10.4. The molecule has 0 aromatic heterocycles. The van der Waals surface area contributed by atoms with Crippen molar-refractivity contribution in [2.75, 3.05) is 24.2 Å². The van der Waals surface area contributed by atoms with E-state index in [1.807, 2.05) is 24.5 Å². The van der Waals surface area contributed by atoms with Crippen molar-refractivity contribution >= 4 is 34.7 Å². The Bertz CT molecular complexity index is 451. The largest absolute Gasteiger partial charge is 0.391 e. The van der Waals surface area contributed by atoms with E-state index < -0.39 is 0 Å². The third kappa shape index (κ3) is 2.79. The van der Waals surface area contributed by atoms with Crippen LogP contribution < -0.4 is 10.6 Å². The number of benzene rings is 1. The second kappa shape index (κ2) is 5.91. The molecule has 98 valence electrons. The van der Waals surface area contributed by atoms with Gasteiger partial charge in [0, 0.05) is 29.2 Å². The van der Waals surface area contributed by atoms with Crippen LogP contribution in [0, 0.1) is 0 Å². The number of thioether (sulfide) groups is 1. The lowest BCUT2D eigenvalue weighted by Crippen LogP contribution is -2.39. The van der Waals surface area contributed by atoms with Crippen molar-refractivity contribution in [1.29, 1.82) is 0 Å². The van der Waals surface area contributed by atoms with Gasteiger partial charge in [0.1, 0.15) is 4.99 Å². The summed E-state index contributed by atoms with van der Waals surface area (Å²) in [6.45, 7) is 1.61. The van der Waals surface area contributed by atoms with Crippen LogP contribution in [0.1, 0.15) is 18.4 Å². The maximum Gasteiger partial charge on any atom is 0.107 e. The molecule has 1 aromatic rings. The maximum atomic E-state index is 9.79. The maximum absolute atomic E-state index is 9.79. The Labute approximate surface area is 117 Å². The summed E-state index contributed by atoms with van der Waals surface area (Å²) in [5.74, 6) is 0. The number of β-amino-alcohol motifs (C(OH)–C–C–N with tert-alkyl or cyclic N) is 1. The summed E-state index contributed by atoms with van der Waals surface area (Å²) >= 11 is 6.82. The topological polar surface area (TPSA) is 49.5 Å². The molecule has 1 atom stereocenters. The number of rotatable bonds is 3. The lowest BCUT2D eigenvalue weighted by molar-refractivity contribution is 0.154. The lowest BCUT2D eigenvalue weighted by Gasteiger charge is -2.33. The molecular formula is C13H18N2OS2. The smallest absolute Gasteiger partial charge is 0.107 e. The molecule has 1 aliphatic heterocycles. The SMILES string of the molecule is CSc1cccc(N2CCCC(O)C2)c1C(N)=S. The Morgan fingerprint density at radius 1 is 1.56 bits per heavy atom. The molecular weight excluding hydrogens is 264 g/mol. The Kier molecular flexibility index (Phi) is 4.48. The van der Waals surface area contributed by atoms with Gasteiger partial charge < -0.3 is 15.7 Å². The first-order valence-electron chi connectivity index (χ1n) is 6.03. The van der Waals surface area contributed by atoms with E-state index in [-0.39, 0.29) is 6.10 Å². The summed E-state index contributed by atoms with van der Waals surface area (Å²) in [6, 6.07) is 6.08. The normalized spacial score (nSPS) is 19.9. The van der Waals surface area contributed by atoms with Gasteiger partial charge in [0.25, 0.3) is 0 Å². The highest BCUT2D eigenvalue weighted by Gasteiger charge is 2.22. The fourth-order valence-electron chi connectivity index (χ4n) is 2.37. The van der Waals surface area contributed by atoms with Gasteiger partial charge in [-0.1, -0.05) is 18.3 Å². The number of nitrogens with zero attached hydrogens (tertiary/aromatic N) is 1. The van der Waals surface area contributed by atoms with Gasteiger partial charge in [-0.15, -0.1) is 11.8 Å². The van der Waals surface area contributed by atoms with Gasteiger partial charge in [0.05, 0.1) is 6.10 Å². The number of aliphatic hydroxyl groups excluding tert-OH is 1. The first-order chi connectivity index (χ1) is 8.63. The van der Waals surface area contributed by atoms with Crippen LogP contribution in [-0.2, 0) is 0 Å². The molecule has 1 heterocycles. The molecule has 1 saturated heterocycles. The third-order valence-corrected chi connectivity index (χ3v) is 4.19. The predicted octanol–water partition coefficient (Wildman–Crippen LogP) is 2.00. The minimum atomic E-state index is -0.254. The molecule has 3 N–H and O–H groups in total. The zero-order valence-corrected chi connectivity index (χ0v) is 12.1.